The predicted molar refractivity (Wildman–Crippen MR) is 53.3 cm³/mol. The summed E-state index contributed by atoms with van der Waals surface area (Å²) in [5.41, 5.74) is 0.292. The quantitative estimate of drug-likeness (QED) is 0.388. The number of hydrogen-bond donors (Lipinski definition) is 3. The molecule has 0 aromatic heterocycles. The maximum absolute atomic E-state index is 10.5. The zero-order chi connectivity index (χ0) is 11.4. The Balaban J connectivity index is 2.85. The molecule has 0 aliphatic carbocycles. The molecule has 0 amide bonds. The van der Waals surface area contributed by atoms with Crippen molar-refractivity contribution in [3.05, 3.63) is 33.9 Å². The van der Waals surface area contributed by atoms with Crippen molar-refractivity contribution in [1.82, 2.24) is 5.32 Å². The summed E-state index contributed by atoms with van der Waals surface area (Å²) in [5.74, 6) is -0.0336. The first-order valence-electron chi connectivity index (χ1n) is 4.38. The summed E-state index contributed by atoms with van der Waals surface area (Å²) in [5, 5.41) is 31.4. The number of nitrogens with zero attached hydrogens (tertiary/aromatic N) is 1. The number of non-ortho nitro benzene ring substituents is 1. The van der Waals surface area contributed by atoms with Crippen molar-refractivity contribution in [2.45, 2.75) is 19.7 Å². The molecule has 0 aliphatic rings. The van der Waals surface area contributed by atoms with Crippen LogP contribution in [0.3, 0.4) is 0 Å². The Hall–Kier alpha value is -1.66. The molecule has 0 bridgehead atoms. The van der Waals surface area contributed by atoms with Crippen molar-refractivity contribution in [1.29, 1.82) is 0 Å². The minimum Gasteiger partial charge on any atom is -0.508 e. The third-order valence-corrected chi connectivity index (χ3v) is 1.86. The Kier molecular flexibility index (Phi) is 3.59. The summed E-state index contributed by atoms with van der Waals surface area (Å²) >= 11 is 0. The first kappa shape index (κ1) is 11.4. The van der Waals surface area contributed by atoms with Crippen molar-refractivity contribution >= 4 is 5.69 Å². The van der Waals surface area contributed by atoms with E-state index in [1.807, 2.05) is 0 Å². The molecule has 0 aliphatic heterocycles. The molecule has 6 heteroatoms. The summed E-state index contributed by atoms with van der Waals surface area (Å²) in [6, 6.07) is 3.75. The lowest BCUT2D eigenvalue weighted by atomic mass is 10.2. The van der Waals surface area contributed by atoms with Gasteiger partial charge in [0.1, 0.15) is 12.0 Å². The maximum Gasteiger partial charge on any atom is 0.270 e. The van der Waals surface area contributed by atoms with E-state index < -0.39 is 11.2 Å². The van der Waals surface area contributed by atoms with Crippen LogP contribution in [-0.2, 0) is 6.54 Å². The average molecular weight is 212 g/mol. The number of benzene rings is 1. The van der Waals surface area contributed by atoms with Crippen LogP contribution in [0.5, 0.6) is 5.75 Å². The largest absolute Gasteiger partial charge is 0.508 e. The van der Waals surface area contributed by atoms with Gasteiger partial charge in [0, 0.05) is 24.2 Å². The van der Waals surface area contributed by atoms with Crippen molar-refractivity contribution in [3.63, 3.8) is 0 Å². The summed E-state index contributed by atoms with van der Waals surface area (Å²) in [4.78, 5) is 9.92. The fourth-order valence-electron chi connectivity index (χ4n) is 1.08. The molecule has 1 unspecified atom stereocenters. The number of phenolic OH excluding ortho intramolecular Hbond substituents is 1. The third kappa shape index (κ3) is 3.19. The fraction of sp³-hybridized carbons (Fsp3) is 0.333. The van der Waals surface area contributed by atoms with Gasteiger partial charge in [-0.15, -0.1) is 0 Å². The highest BCUT2D eigenvalue weighted by Crippen LogP contribution is 2.22. The molecule has 6 nitrogen and oxygen atoms in total. The van der Waals surface area contributed by atoms with Crippen LogP contribution >= 0.6 is 0 Å². The number of phenols is 1. The zero-order valence-corrected chi connectivity index (χ0v) is 8.17. The molecular weight excluding hydrogens is 200 g/mol. The van der Waals surface area contributed by atoms with Gasteiger partial charge in [0.05, 0.1) is 4.92 Å². The van der Waals surface area contributed by atoms with Gasteiger partial charge in [-0.2, -0.15) is 0 Å². The average Bonchev–Trinajstić information content (AvgIpc) is 2.16. The van der Waals surface area contributed by atoms with Gasteiger partial charge in [-0.1, -0.05) is 0 Å². The van der Waals surface area contributed by atoms with E-state index in [4.69, 9.17) is 5.11 Å². The molecule has 0 spiro atoms. The van der Waals surface area contributed by atoms with E-state index in [-0.39, 0.29) is 18.0 Å². The molecule has 0 radical (unpaired) electrons. The molecule has 0 saturated heterocycles. The molecule has 0 fully saturated rings. The molecule has 15 heavy (non-hydrogen) atoms. The van der Waals surface area contributed by atoms with Gasteiger partial charge < -0.3 is 10.2 Å². The lowest BCUT2D eigenvalue weighted by molar-refractivity contribution is -0.384. The lowest BCUT2D eigenvalue weighted by Gasteiger charge is -2.08. The van der Waals surface area contributed by atoms with Crippen molar-refractivity contribution < 1.29 is 15.1 Å². The van der Waals surface area contributed by atoms with Gasteiger partial charge in [-0.05, 0) is 13.0 Å². The third-order valence-electron chi connectivity index (χ3n) is 1.86. The fourth-order valence-corrected chi connectivity index (χ4v) is 1.08. The number of rotatable bonds is 4. The normalized spacial score (nSPS) is 12.4. The SMILES string of the molecule is CC(O)NCc1cc([N+](=O)[O-])ccc1O. The minimum absolute atomic E-state index is 0.0336. The van der Waals surface area contributed by atoms with E-state index in [2.05, 4.69) is 5.32 Å². The van der Waals surface area contributed by atoms with Gasteiger partial charge in [-0.3, -0.25) is 15.4 Å². The predicted octanol–water partition coefficient (Wildman–Crippen LogP) is 0.728. The number of aliphatic hydroxyl groups excluding tert-OH is 1. The second-order valence-corrected chi connectivity index (χ2v) is 3.13. The smallest absolute Gasteiger partial charge is 0.270 e. The van der Waals surface area contributed by atoms with E-state index in [1.54, 1.807) is 0 Å². The topological polar surface area (TPSA) is 95.6 Å². The van der Waals surface area contributed by atoms with Crippen LogP contribution in [0.25, 0.3) is 0 Å². The van der Waals surface area contributed by atoms with Crippen LogP contribution in [0, 0.1) is 10.1 Å². The highest BCUT2D eigenvalue weighted by molar-refractivity contribution is 5.42. The van der Waals surface area contributed by atoms with Crippen LogP contribution in [0.1, 0.15) is 12.5 Å². The van der Waals surface area contributed by atoms with Crippen molar-refractivity contribution in [2.75, 3.05) is 0 Å². The second kappa shape index (κ2) is 4.72. The van der Waals surface area contributed by atoms with Crippen molar-refractivity contribution in [2.24, 2.45) is 0 Å². The van der Waals surface area contributed by atoms with Gasteiger partial charge in [0.25, 0.3) is 5.69 Å². The van der Waals surface area contributed by atoms with E-state index in [0.29, 0.717) is 5.56 Å². The Morgan fingerprint density at radius 3 is 2.80 bits per heavy atom. The molecular formula is C9H12N2O4. The monoisotopic (exact) mass is 212 g/mol. The Morgan fingerprint density at radius 2 is 2.27 bits per heavy atom. The van der Waals surface area contributed by atoms with E-state index in [0.717, 1.165) is 0 Å². The van der Waals surface area contributed by atoms with Crippen LogP contribution in [0.2, 0.25) is 0 Å². The Labute approximate surface area is 86.3 Å². The van der Waals surface area contributed by atoms with Gasteiger partial charge in [-0.25, -0.2) is 0 Å². The molecule has 1 rings (SSSR count). The van der Waals surface area contributed by atoms with Crippen LogP contribution in [0.15, 0.2) is 18.2 Å². The van der Waals surface area contributed by atoms with E-state index >= 15 is 0 Å². The van der Waals surface area contributed by atoms with Crippen LogP contribution in [0.4, 0.5) is 5.69 Å². The van der Waals surface area contributed by atoms with E-state index in [1.165, 1.54) is 25.1 Å². The Bertz CT molecular complexity index is 365. The van der Waals surface area contributed by atoms with Gasteiger partial charge in [0.2, 0.25) is 0 Å². The van der Waals surface area contributed by atoms with Crippen LogP contribution in [-0.4, -0.2) is 21.4 Å². The standard InChI is InChI=1S/C9H12N2O4/c1-6(12)10-5-7-4-8(11(14)15)2-3-9(7)13/h2-4,6,10,12-13H,5H2,1H3. The zero-order valence-electron chi connectivity index (χ0n) is 8.17. The summed E-state index contributed by atoms with van der Waals surface area (Å²) < 4.78 is 0. The number of nitro benzene ring substituents is 1. The molecule has 1 aromatic rings. The summed E-state index contributed by atoms with van der Waals surface area (Å²) in [6.45, 7) is 1.69. The van der Waals surface area contributed by atoms with E-state index in [9.17, 15) is 15.2 Å². The van der Waals surface area contributed by atoms with Gasteiger partial charge >= 0.3 is 0 Å². The number of aliphatic hydroxyl groups is 1. The molecule has 0 heterocycles. The number of nitro groups is 1. The number of aromatic hydroxyl groups is 1. The number of nitrogens with one attached hydrogen (secondary N) is 1. The first-order valence-corrected chi connectivity index (χ1v) is 4.38. The summed E-state index contributed by atoms with van der Waals surface area (Å²) in [6.07, 6.45) is -0.733. The summed E-state index contributed by atoms with van der Waals surface area (Å²) in [7, 11) is 0. The van der Waals surface area contributed by atoms with Crippen LogP contribution < -0.4 is 5.32 Å². The lowest BCUT2D eigenvalue weighted by Crippen LogP contribution is -2.24. The molecule has 0 saturated carbocycles. The highest BCUT2D eigenvalue weighted by atomic mass is 16.6. The second-order valence-electron chi connectivity index (χ2n) is 3.13. The van der Waals surface area contributed by atoms with Gasteiger partial charge in [0.15, 0.2) is 0 Å². The van der Waals surface area contributed by atoms with Crippen molar-refractivity contribution in [3.8, 4) is 5.75 Å². The molecule has 3 N–H and O–H groups in total. The Morgan fingerprint density at radius 1 is 1.60 bits per heavy atom. The minimum atomic E-state index is -0.733. The molecule has 82 valence electrons. The first-order chi connectivity index (χ1) is 7.00. The highest BCUT2D eigenvalue weighted by Gasteiger charge is 2.10. The maximum atomic E-state index is 10.5. The number of hydrogen-bond acceptors (Lipinski definition) is 5. The molecule has 1 aromatic carbocycles. The molecule has 1 atom stereocenters.